The van der Waals surface area contributed by atoms with Gasteiger partial charge in [0, 0.05) is 30.2 Å². The van der Waals surface area contributed by atoms with Crippen molar-refractivity contribution in [1.82, 2.24) is 10.1 Å². The topological polar surface area (TPSA) is 105 Å². The fourth-order valence-corrected chi connectivity index (χ4v) is 4.16. The molecule has 0 saturated carbocycles. The van der Waals surface area contributed by atoms with Crippen LogP contribution in [-0.4, -0.2) is 52.1 Å². The summed E-state index contributed by atoms with van der Waals surface area (Å²) in [4.78, 5) is 30.6. The molecule has 0 bridgehead atoms. The summed E-state index contributed by atoms with van der Waals surface area (Å²) in [5, 5.41) is 13.5. The molecule has 0 radical (unpaired) electrons. The van der Waals surface area contributed by atoms with Crippen molar-refractivity contribution in [3.8, 4) is 0 Å². The van der Waals surface area contributed by atoms with Crippen molar-refractivity contribution in [1.29, 1.82) is 0 Å². The molecule has 1 saturated heterocycles. The number of rotatable bonds is 8. The number of ether oxygens (including phenoxy) is 1. The quantitative estimate of drug-likeness (QED) is 0.391. The summed E-state index contributed by atoms with van der Waals surface area (Å²) < 4.78 is 10.8. The predicted molar refractivity (Wildman–Crippen MR) is 126 cm³/mol. The molecule has 176 valence electrons. The van der Waals surface area contributed by atoms with Crippen LogP contribution >= 0.6 is 0 Å². The fourth-order valence-electron chi connectivity index (χ4n) is 4.16. The SMILES string of the molecule is CCOC(=O)C(Cc1cc(C2CCCN2C(=O)O)no1)N=C(c1ccccc1)c1ccccc1. The average molecular weight is 462 g/mol. The molecule has 34 heavy (non-hydrogen) atoms. The van der Waals surface area contributed by atoms with Crippen LogP contribution in [0.1, 0.15) is 48.4 Å². The van der Waals surface area contributed by atoms with Gasteiger partial charge in [-0.2, -0.15) is 0 Å². The van der Waals surface area contributed by atoms with Gasteiger partial charge in [0.15, 0.2) is 6.04 Å². The molecule has 1 N–H and O–H groups in total. The first-order valence-corrected chi connectivity index (χ1v) is 11.4. The molecule has 2 heterocycles. The Labute approximate surface area is 197 Å². The molecule has 2 unspecified atom stereocenters. The van der Waals surface area contributed by atoms with E-state index in [1.807, 2.05) is 60.7 Å². The van der Waals surface area contributed by atoms with Crippen LogP contribution in [0.4, 0.5) is 4.79 Å². The lowest BCUT2D eigenvalue weighted by molar-refractivity contribution is -0.144. The molecule has 0 aliphatic carbocycles. The first-order valence-electron chi connectivity index (χ1n) is 11.4. The molecule has 1 fully saturated rings. The third kappa shape index (κ3) is 5.33. The van der Waals surface area contributed by atoms with E-state index in [0.29, 0.717) is 30.1 Å². The zero-order chi connectivity index (χ0) is 23.9. The lowest BCUT2D eigenvalue weighted by Gasteiger charge is -2.18. The first-order chi connectivity index (χ1) is 16.6. The molecular weight excluding hydrogens is 434 g/mol. The van der Waals surface area contributed by atoms with E-state index in [1.165, 1.54) is 4.90 Å². The van der Waals surface area contributed by atoms with Crippen LogP contribution in [0.15, 0.2) is 76.2 Å². The van der Waals surface area contributed by atoms with Crippen molar-refractivity contribution in [2.45, 2.75) is 38.3 Å². The Morgan fingerprint density at radius 2 is 1.79 bits per heavy atom. The van der Waals surface area contributed by atoms with E-state index in [1.54, 1.807) is 13.0 Å². The standard InChI is InChI=1S/C26H27N3O5/c1-2-33-25(30)22(17-20-16-21(28-34-20)23-14-9-15-29(23)26(31)32)27-24(18-10-5-3-6-11-18)19-12-7-4-8-13-19/h3-8,10-13,16,22-23H,2,9,14-15,17H2,1H3,(H,31,32). The highest BCUT2D eigenvalue weighted by atomic mass is 16.5. The lowest BCUT2D eigenvalue weighted by Crippen LogP contribution is -2.28. The summed E-state index contributed by atoms with van der Waals surface area (Å²) in [6.07, 6.45) is 0.627. The van der Waals surface area contributed by atoms with Crippen LogP contribution in [-0.2, 0) is 16.0 Å². The Kier molecular flexibility index (Phi) is 7.37. The van der Waals surface area contributed by atoms with Gasteiger partial charge in [0.25, 0.3) is 0 Å². The highest BCUT2D eigenvalue weighted by molar-refractivity contribution is 6.13. The van der Waals surface area contributed by atoms with Crippen LogP contribution in [0.5, 0.6) is 0 Å². The van der Waals surface area contributed by atoms with Crippen LogP contribution in [0.3, 0.4) is 0 Å². The van der Waals surface area contributed by atoms with Gasteiger partial charge in [0.05, 0.1) is 18.4 Å². The van der Waals surface area contributed by atoms with Crippen LogP contribution < -0.4 is 0 Å². The van der Waals surface area contributed by atoms with Crippen LogP contribution in [0, 0.1) is 0 Å². The van der Waals surface area contributed by atoms with Crippen molar-refractivity contribution in [2.75, 3.05) is 13.2 Å². The normalized spacial score (nSPS) is 16.1. The maximum absolute atomic E-state index is 12.9. The van der Waals surface area contributed by atoms with Gasteiger partial charge in [-0.1, -0.05) is 65.8 Å². The summed E-state index contributed by atoms with van der Waals surface area (Å²) >= 11 is 0. The number of benzene rings is 2. The summed E-state index contributed by atoms with van der Waals surface area (Å²) in [7, 11) is 0. The van der Waals surface area contributed by atoms with Crippen molar-refractivity contribution >= 4 is 17.8 Å². The number of esters is 1. The van der Waals surface area contributed by atoms with Gasteiger partial charge in [0.2, 0.25) is 0 Å². The summed E-state index contributed by atoms with van der Waals surface area (Å²) in [5.41, 5.74) is 2.98. The smallest absolute Gasteiger partial charge is 0.407 e. The minimum absolute atomic E-state index is 0.148. The number of hydrogen-bond donors (Lipinski definition) is 1. The zero-order valence-corrected chi connectivity index (χ0v) is 19.0. The maximum atomic E-state index is 12.9. The molecule has 3 aromatic rings. The van der Waals surface area contributed by atoms with Crippen molar-refractivity contribution < 1.29 is 24.0 Å². The number of carbonyl (C=O) groups is 2. The van der Waals surface area contributed by atoms with Gasteiger partial charge in [-0.25, -0.2) is 9.59 Å². The Bertz CT molecular complexity index is 1100. The second-order valence-electron chi connectivity index (χ2n) is 8.03. The van der Waals surface area contributed by atoms with Gasteiger partial charge in [0.1, 0.15) is 11.5 Å². The number of amides is 1. The molecule has 2 aromatic carbocycles. The molecule has 1 aromatic heterocycles. The third-order valence-corrected chi connectivity index (χ3v) is 5.75. The van der Waals surface area contributed by atoms with Gasteiger partial charge in [-0.05, 0) is 19.8 Å². The summed E-state index contributed by atoms with van der Waals surface area (Å²) in [5.74, 6) is -0.00708. The van der Waals surface area contributed by atoms with Crippen molar-refractivity contribution in [2.24, 2.45) is 4.99 Å². The maximum Gasteiger partial charge on any atom is 0.407 e. The molecule has 1 amide bonds. The van der Waals surface area contributed by atoms with Gasteiger partial charge in [-0.3, -0.25) is 9.89 Å². The Balaban J connectivity index is 1.66. The van der Waals surface area contributed by atoms with E-state index >= 15 is 0 Å². The van der Waals surface area contributed by atoms with Crippen LogP contribution in [0.2, 0.25) is 0 Å². The number of carbonyl (C=O) groups excluding carboxylic acids is 1. The summed E-state index contributed by atoms with van der Waals surface area (Å²) in [6, 6.07) is 19.8. The molecular formula is C26H27N3O5. The predicted octanol–water partition coefficient (Wildman–Crippen LogP) is 4.50. The Morgan fingerprint density at radius 3 is 2.38 bits per heavy atom. The van der Waals surface area contributed by atoms with Crippen molar-refractivity contribution in [3.63, 3.8) is 0 Å². The molecule has 4 rings (SSSR count). The van der Waals surface area contributed by atoms with E-state index in [2.05, 4.69) is 5.16 Å². The molecule has 1 aliphatic rings. The largest absolute Gasteiger partial charge is 0.465 e. The van der Waals surface area contributed by atoms with Gasteiger partial charge < -0.3 is 14.4 Å². The van der Waals surface area contributed by atoms with E-state index < -0.39 is 18.1 Å². The van der Waals surface area contributed by atoms with E-state index in [4.69, 9.17) is 14.3 Å². The molecule has 0 spiro atoms. The van der Waals surface area contributed by atoms with E-state index in [0.717, 1.165) is 17.5 Å². The lowest BCUT2D eigenvalue weighted by atomic mass is 10.0. The van der Waals surface area contributed by atoms with E-state index in [-0.39, 0.29) is 19.1 Å². The fraction of sp³-hybridized carbons (Fsp3) is 0.308. The summed E-state index contributed by atoms with van der Waals surface area (Å²) in [6.45, 7) is 2.45. The minimum Gasteiger partial charge on any atom is -0.465 e. The number of likely N-dealkylation sites (tertiary alicyclic amines) is 1. The van der Waals surface area contributed by atoms with Crippen LogP contribution in [0.25, 0.3) is 0 Å². The number of carboxylic acid groups (broad SMARTS) is 1. The Hall–Kier alpha value is -3.94. The third-order valence-electron chi connectivity index (χ3n) is 5.75. The molecule has 1 aliphatic heterocycles. The van der Waals surface area contributed by atoms with Gasteiger partial charge >= 0.3 is 12.1 Å². The number of aromatic nitrogens is 1. The number of hydrogen-bond acceptors (Lipinski definition) is 6. The van der Waals surface area contributed by atoms with Gasteiger partial charge in [-0.15, -0.1) is 0 Å². The first kappa shape index (κ1) is 23.2. The highest BCUT2D eigenvalue weighted by Crippen LogP contribution is 2.31. The Morgan fingerprint density at radius 1 is 1.15 bits per heavy atom. The van der Waals surface area contributed by atoms with Crippen molar-refractivity contribution in [3.05, 3.63) is 89.3 Å². The second-order valence-corrected chi connectivity index (χ2v) is 8.03. The molecule has 8 nitrogen and oxygen atoms in total. The number of nitrogens with zero attached hydrogens (tertiary/aromatic N) is 3. The zero-order valence-electron chi connectivity index (χ0n) is 19.0. The number of aliphatic imine (C=N–C) groups is 1. The second kappa shape index (κ2) is 10.8. The van der Waals surface area contributed by atoms with E-state index in [9.17, 15) is 14.7 Å². The highest BCUT2D eigenvalue weighted by Gasteiger charge is 2.33. The monoisotopic (exact) mass is 461 g/mol. The average Bonchev–Trinajstić information content (AvgIpc) is 3.52. The molecule has 8 heteroatoms. The molecule has 2 atom stereocenters. The minimum atomic E-state index is -0.976.